The van der Waals surface area contributed by atoms with Crippen molar-refractivity contribution in [3.63, 3.8) is 0 Å². The van der Waals surface area contributed by atoms with E-state index >= 15 is 8.78 Å². The summed E-state index contributed by atoms with van der Waals surface area (Å²) in [4.78, 5) is 65.6. The second kappa shape index (κ2) is 14.9. The molecule has 2 aliphatic carbocycles. The molecule has 298 valence electrons. The molecule has 3 N–H and O–H groups in total. The minimum Gasteiger partial charge on any atom is -0.470 e. The number of amides is 4. The molecule has 3 aliphatic heterocycles. The van der Waals surface area contributed by atoms with Crippen molar-refractivity contribution in [3.8, 4) is 5.88 Å². The molecule has 2 aromatic rings. The molecule has 0 spiro atoms. The van der Waals surface area contributed by atoms with Crippen molar-refractivity contribution in [2.45, 2.75) is 113 Å². The van der Waals surface area contributed by atoms with Crippen LogP contribution < -0.4 is 20.1 Å². The van der Waals surface area contributed by atoms with Gasteiger partial charge in [0.25, 0.3) is 11.8 Å². The van der Waals surface area contributed by atoms with Crippen LogP contribution in [-0.4, -0.2) is 89.7 Å². The smallest absolute Gasteiger partial charge is 0.407 e. The molecule has 5 aliphatic rings. The molecule has 4 bridgehead atoms. The van der Waals surface area contributed by atoms with E-state index in [2.05, 4.69) is 25.3 Å². The van der Waals surface area contributed by atoms with Crippen LogP contribution in [0, 0.1) is 17.3 Å². The lowest BCUT2D eigenvalue weighted by Gasteiger charge is -2.27. The average molecular weight is 787 g/mol. The van der Waals surface area contributed by atoms with Gasteiger partial charge in [0.2, 0.25) is 27.7 Å². The van der Waals surface area contributed by atoms with Crippen molar-refractivity contribution in [3.05, 3.63) is 42.1 Å². The summed E-state index contributed by atoms with van der Waals surface area (Å²) in [5.74, 6) is -7.84. The lowest BCUT2D eigenvalue weighted by Crippen LogP contribution is -2.55. The van der Waals surface area contributed by atoms with Crippen molar-refractivity contribution in [2.75, 3.05) is 19.7 Å². The molecule has 1 aromatic carbocycles. The second-order valence-electron chi connectivity index (χ2n) is 16.4. The van der Waals surface area contributed by atoms with E-state index in [4.69, 9.17) is 9.47 Å². The minimum atomic E-state index is -3.95. The van der Waals surface area contributed by atoms with Gasteiger partial charge in [-0.25, -0.2) is 23.2 Å². The molecule has 3 fully saturated rings. The third kappa shape index (κ3) is 8.55. The zero-order valence-corrected chi connectivity index (χ0v) is 31.8. The van der Waals surface area contributed by atoms with Crippen LogP contribution in [-0.2, 0) is 35.1 Å². The number of allylic oxidation sites excluding steroid dienone is 1. The predicted octanol–water partition coefficient (Wildman–Crippen LogP) is 4.24. The summed E-state index contributed by atoms with van der Waals surface area (Å²) in [7, 11) is -3.95. The molecule has 14 nitrogen and oxygen atoms in total. The zero-order chi connectivity index (χ0) is 39.2. The maximum atomic E-state index is 16.3. The number of benzene rings is 1. The summed E-state index contributed by atoms with van der Waals surface area (Å²) in [5, 5.41) is 4.84. The number of nitrogens with one attached hydrogen (secondary N) is 3. The number of carbonyl (C=O) groups excluding carboxylic acids is 4. The molecule has 1 unspecified atom stereocenters. The zero-order valence-electron chi connectivity index (χ0n) is 31.0. The molecule has 17 heteroatoms. The fourth-order valence-electron chi connectivity index (χ4n) is 7.70. The number of aromatic nitrogens is 2. The van der Waals surface area contributed by atoms with E-state index in [1.165, 1.54) is 4.90 Å². The lowest BCUT2D eigenvalue weighted by atomic mass is 9.87. The molecule has 55 heavy (non-hydrogen) atoms. The second-order valence-corrected chi connectivity index (χ2v) is 18.3. The topological polar surface area (TPSA) is 186 Å². The summed E-state index contributed by atoms with van der Waals surface area (Å²) >= 11 is 0. The number of sulfonamides is 1. The van der Waals surface area contributed by atoms with E-state index in [-0.39, 0.29) is 56.4 Å². The van der Waals surface area contributed by atoms with Gasteiger partial charge in [0.1, 0.15) is 17.7 Å². The van der Waals surface area contributed by atoms with E-state index in [9.17, 15) is 27.6 Å². The van der Waals surface area contributed by atoms with Crippen LogP contribution in [0.25, 0.3) is 11.0 Å². The molecule has 1 aromatic heterocycles. The van der Waals surface area contributed by atoms with Gasteiger partial charge in [-0.2, -0.15) is 8.78 Å². The highest BCUT2D eigenvalue weighted by molar-refractivity contribution is 7.91. The molecule has 1 saturated heterocycles. The maximum Gasteiger partial charge on any atom is 0.407 e. The Morgan fingerprint density at radius 1 is 0.982 bits per heavy atom. The highest BCUT2D eigenvalue weighted by atomic mass is 32.2. The van der Waals surface area contributed by atoms with Crippen LogP contribution in [0.1, 0.15) is 90.2 Å². The Labute approximate surface area is 318 Å². The summed E-state index contributed by atoms with van der Waals surface area (Å²) < 4.78 is 72.2. The fraction of sp³-hybridized carbons (Fsp3) is 0.632. The lowest BCUT2D eigenvalue weighted by molar-refractivity contribution is -0.134. The number of carbonyl (C=O) groups is 4. The SMILES string of the molecule is CC1(C)CCCC(F)(F)c2nc3ccccc3nc2O[C@H]2CN3CC2C(=O)N[C@]2(C(=O)NS(=O)(=O)C4CC4)C[C@H]2/C=C/CCCCC[C@H](NC(=O)OC1)C3=O. The molecule has 5 atom stereocenters. The van der Waals surface area contributed by atoms with E-state index in [0.29, 0.717) is 25.7 Å². The maximum absolute atomic E-state index is 16.3. The molecule has 2 saturated carbocycles. The van der Waals surface area contributed by atoms with Gasteiger partial charge in [0, 0.05) is 18.9 Å². The molecular weight excluding hydrogens is 739 g/mol. The van der Waals surface area contributed by atoms with Crippen LogP contribution in [0.4, 0.5) is 13.6 Å². The first kappa shape index (κ1) is 38.8. The first-order chi connectivity index (χ1) is 26.1. The van der Waals surface area contributed by atoms with Crippen molar-refractivity contribution < 1.29 is 45.9 Å². The van der Waals surface area contributed by atoms with Gasteiger partial charge in [-0.1, -0.05) is 51.0 Å². The number of nitrogens with zero attached hydrogens (tertiary/aromatic N) is 3. The number of fused-ring (bicyclic) bond motifs is 7. The van der Waals surface area contributed by atoms with Gasteiger partial charge in [-0.3, -0.25) is 19.1 Å². The van der Waals surface area contributed by atoms with Gasteiger partial charge >= 0.3 is 6.09 Å². The number of hydrogen-bond donors (Lipinski definition) is 3. The number of para-hydroxylation sites is 2. The minimum absolute atomic E-state index is 0.0402. The fourth-order valence-corrected chi connectivity index (χ4v) is 9.06. The van der Waals surface area contributed by atoms with E-state index in [1.807, 2.05) is 19.9 Å². The molecule has 0 radical (unpaired) electrons. The Morgan fingerprint density at radius 2 is 1.73 bits per heavy atom. The average Bonchev–Trinajstić information content (AvgIpc) is 4.05. The Bertz CT molecular complexity index is 1990. The van der Waals surface area contributed by atoms with E-state index in [0.717, 1.165) is 12.8 Å². The Hall–Kier alpha value is -4.41. The third-order valence-corrected chi connectivity index (χ3v) is 13.1. The number of hydrogen-bond acceptors (Lipinski definition) is 10. The summed E-state index contributed by atoms with van der Waals surface area (Å²) in [6.45, 7) is 3.05. The van der Waals surface area contributed by atoms with Gasteiger partial charge in [0.05, 0.1) is 35.4 Å². The van der Waals surface area contributed by atoms with Crippen LogP contribution in [0.5, 0.6) is 5.88 Å². The van der Waals surface area contributed by atoms with Crippen LogP contribution >= 0.6 is 0 Å². The summed E-state index contributed by atoms with van der Waals surface area (Å²) in [6.07, 6.45) is 5.29. The molecule has 7 rings (SSSR count). The highest BCUT2D eigenvalue weighted by Gasteiger charge is 2.62. The van der Waals surface area contributed by atoms with Crippen molar-refractivity contribution in [1.29, 1.82) is 0 Å². The van der Waals surface area contributed by atoms with Crippen LogP contribution in [0.3, 0.4) is 0 Å². The molecule has 4 amide bonds. The number of rotatable bonds is 3. The van der Waals surface area contributed by atoms with Gasteiger partial charge in [0.15, 0.2) is 5.69 Å². The Kier molecular flexibility index (Phi) is 10.5. The van der Waals surface area contributed by atoms with Gasteiger partial charge < -0.3 is 25.0 Å². The number of cyclic esters (lactones) is 1. The van der Waals surface area contributed by atoms with E-state index in [1.54, 1.807) is 30.3 Å². The predicted molar refractivity (Wildman–Crippen MR) is 195 cm³/mol. The number of halogens is 2. The van der Waals surface area contributed by atoms with Crippen molar-refractivity contribution in [2.24, 2.45) is 17.3 Å². The number of ether oxygens (including phenoxy) is 2. The van der Waals surface area contributed by atoms with Crippen LogP contribution in [0.15, 0.2) is 36.4 Å². The normalized spacial score (nSPS) is 30.8. The third-order valence-electron chi connectivity index (χ3n) is 11.3. The van der Waals surface area contributed by atoms with Gasteiger partial charge in [-0.05, 0) is 68.9 Å². The number of alkyl carbamates (subject to hydrolysis) is 1. The standard InChI is InChI=1S/C38H48F2N6O8S/c1-36(2)17-10-18-38(39,40)30-32(42-27-13-9-8-12-26(27)41-30)54-29-21-46-20-25(29)31(47)44-37(34(49)45-55(51,52)24-15-16-24)19-23(37)11-6-4-3-5-7-14-28(33(46)48)43-35(50)53-22-36/h6,8-9,11-13,23-25,28-29H,3-5,7,10,14-22H2,1-2H3,(H,43,50)(H,44,47)(H,45,49)/b11-6+/t23-,25?,28+,29+,37-/m1/s1. The Morgan fingerprint density at radius 3 is 2.47 bits per heavy atom. The summed E-state index contributed by atoms with van der Waals surface area (Å²) in [5.41, 5.74) is -2.47. The van der Waals surface area contributed by atoms with Gasteiger partial charge in [-0.15, -0.1) is 0 Å². The first-order valence-corrected chi connectivity index (χ1v) is 20.7. The van der Waals surface area contributed by atoms with Crippen LogP contribution in [0.2, 0.25) is 0 Å². The first-order valence-electron chi connectivity index (χ1n) is 19.2. The largest absolute Gasteiger partial charge is 0.470 e. The monoisotopic (exact) mass is 786 g/mol. The molecule has 4 heterocycles. The number of alkyl halides is 2. The van der Waals surface area contributed by atoms with Crippen molar-refractivity contribution in [1.82, 2.24) is 30.2 Å². The quantitative estimate of drug-likeness (QED) is 0.381. The summed E-state index contributed by atoms with van der Waals surface area (Å²) in [6, 6.07) is 5.47. The highest BCUT2D eigenvalue weighted by Crippen LogP contribution is 2.46. The molecular formula is C38H48F2N6O8S. The Balaban J connectivity index is 1.28. The van der Waals surface area contributed by atoms with E-state index < -0.39 is 97.9 Å². The van der Waals surface area contributed by atoms with Crippen molar-refractivity contribution >= 4 is 44.9 Å².